The second-order valence-corrected chi connectivity index (χ2v) is 18.8. The lowest BCUT2D eigenvalue weighted by molar-refractivity contribution is 1.01. The highest BCUT2D eigenvalue weighted by atomic mass is 15.1. The third-order valence-corrected chi connectivity index (χ3v) is 15.1. The second-order valence-electron chi connectivity index (χ2n) is 18.8. The number of nitrogens with zero attached hydrogens (tertiary/aromatic N) is 6. The second kappa shape index (κ2) is 15.4. The molecule has 0 amide bonds. The maximum Gasteiger partial charge on any atom is 0.140 e. The van der Waals surface area contributed by atoms with Crippen molar-refractivity contribution in [3.63, 3.8) is 0 Å². The van der Waals surface area contributed by atoms with Crippen LogP contribution in [0.4, 0.5) is 0 Å². The van der Waals surface area contributed by atoms with E-state index in [1.807, 2.05) is 6.08 Å². The van der Waals surface area contributed by atoms with Gasteiger partial charge in [0.1, 0.15) is 11.6 Å². The van der Waals surface area contributed by atoms with Gasteiger partial charge in [-0.1, -0.05) is 164 Å². The van der Waals surface area contributed by atoms with Gasteiger partial charge in [0.2, 0.25) is 0 Å². The predicted molar refractivity (Wildman–Crippen MR) is 301 cm³/mol. The van der Waals surface area contributed by atoms with Crippen molar-refractivity contribution in [3.05, 3.63) is 248 Å². The van der Waals surface area contributed by atoms with Gasteiger partial charge in [0.25, 0.3) is 0 Å². The van der Waals surface area contributed by atoms with Crippen LogP contribution < -0.4 is 0 Å². The van der Waals surface area contributed by atoms with Gasteiger partial charge in [0.15, 0.2) is 0 Å². The average Bonchev–Trinajstić information content (AvgIpc) is 4.23. The minimum absolute atomic E-state index is 0.850. The number of aromatic nitrogens is 6. The van der Waals surface area contributed by atoms with Crippen molar-refractivity contribution in [2.24, 2.45) is 0 Å². The summed E-state index contributed by atoms with van der Waals surface area (Å²) in [4.78, 5) is 5.61. The molecule has 0 fully saturated rings. The van der Waals surface area contributed by atoms with Crippen LogP contribution in [0.25, 0.3) is 133 Å². The number of hydrogen-bond donors (Lipinski definition) is 0. The highest BCUT2D eigenvalue weighted by Crippen LogP contribution is 2.45. The molecular weight excluding hydrogens is 877 g/mol. The number of aryl methyl sites for hydroxylation is 1. The summed E-state index contributed by atoms with van der Waals surface area (Å²) < 4.78 is 12.1. The van der Waals surface area contributed by atoms with Gasteiger partial charge < -0.3 is 13.7 Å². The van der Waals surface area contributed by atoms with E-state index in [1.54, 1.807) is 0 Å². The molecule has 0 saturated carbocycles. The maximum atomic E-state index is 5.61. The molecule has 6 nitrogen and oxygen atoms in total. The minimum atomic E-state index is 0.850. The van der Waals surface area contributed by atoms with Gasteiger partial charge in [-0.2, -0.15) is 0 Å². The van der Waals surface area contributed by atoms with Crippen molar-refractivity contribution in [1.82, 2.24) is 27.8 Å². The average molecular weight is 921 g/mol. The third kappa shape index (κ3) is 5.57. The Morgan fingerprint density at radius 1 is 0.319 bits per heavy atom. The van der Waals surface area contributed by atoms with Crippen molar-refractivity contribution >= 4 is 93.3 Å². The maximum absolute atomic E-state index is 5.61. The molecule has 0 saturated heterocycles. The lowest BCUT2D eigenvalue weighted by atomic mass is 10.1. The Kier molecular flexibility index (Phi) is 8.63. The van der Waals surface area contributed by atoms with Crippen LogP contribution in [0.5, 0.6) is 0 Å². The zero-order chi connectivity index (χ0) is 47.6. The molecule has 0 aliphatic rings. The number of benzene rings is 9. The summed E-state index contributed by atoms with van der Waals surface area (Å²) in [5, 5.41) is 9.49. The molecule has 9 aromatic carbocycles. The summed E-state index contributed by atoms with van der Waals surface area (Å²) in [6, 6.07) is 83.3. The SMILES string of the molecule is C=Cc1c(-c2c(C)c3ccccc3n2-c2ccccc2)n(-c2cccc(-n3c4ccccc4c4ccc5c6ccccc6n(-c6cccc(-n7c8ccccc8c8ccccc87)n6)c5c43)c2)c2ccccc12. The van der Waals surface area contributed by atoms with Crippen molar-refractivity contribution in [1.29, 1.82) is 0 Å². The zero-order valence-electron chi connectivity index (χ0n) is 39.4. The van der Waals surface area contributed by atoms with Gasteiger partial charge in [0, 0.05) is 65.7 Å². The number of hydrogen-bond acceptors (Lipinski definition) is 1. The fourth-order valence-corrected chi connectivity index (χ4v) is 12.1. The Bertz CT molecular complexity index is 4670. The standard InChI is InChI=1S/C66H44N6/c1-3-46-48-26-8-14-32-56(48)69(64(46)63-42(2)47-25-7-13-31-55(47)68(63)43-21-5-4-6-22-43)44-23-19-24-45(41-44)70-57-33-15-11-29-51(57)53-39-40-54-52-30-12-18-36-60(52)72(66(54)65(53)70)62-38-20-37-61(67-62)71-58-34-16-9-27-49(58)50-28-10-17-35-59(50)71/h3-41H,1H2,2H3. The lowest BCUT2D eigenvalue weighted by Gasteiger charge is -2.18. The number of para-hydroxylation sites is 7. The lowest BCUT2D eigenvalue weighted by Crippen LogP contribution is -2.05. The third-order valence-electron chi connectivity index (χ3n) is 15.1. The Morgan fingerprint density at radius 3 is 1.29 bits per heavy atom. The Hall–Kier alpha value is -9.65. The number of rotatable bonds is 7. The van der Waals surface area contributed by atoms with Crippen molar-refractivity contribution < 1.29 is 0 Å². The molecule has 15 rings (SSSR count). The summed E-state index contributed by atoms with van der Waals surface area (Å²) in [7, 11) is 0. The molecule has 0 radical (unpaired) electrons. The molecule has 0 aliphatic heterocycles. The van der Waals surface area contributed by atoms with Crippen LogP contribution in [0.2, 0.25) is 0 Å². The van der Waals surface area contributed by atoms with Gasteiger partial charge in [-0.25, -0.2) is 4.98 Å². The van der Waals surface area contributed by atoms with E-state index in [1.165, 1.54) is 43.3 Å². The number of pyridine rings is 1. The van der Waals surface area contributed by atoms with Crippen LogP contribution >= 0.6 is 0 Å². The normalized spacial score (nSPS) is 12.0. The number of fused-ring (bicyclic) bond motifs is 12. The molecule has 6 heteroatoms. The predicted octanol–water partition coefficient (Wildman–Crippen LogP) is 16.9. The van der Waals surface area contributed by atoms with E-state index in [2.05, 4.69) is 267 Å². The van der Waals surface area contributed by atoms with Crippen LogP contribution in [0.3, 0.4) is 0 Å². The molecule has 0 spiro atoms. The van der Waals surface area contributed by atoms with Gasteiger partial charge in [-0.05, 0) is 91.3 Å². The van der Waals surface area contributed by atoms with Crippen LogP contribution in [-0.4, -0.2) is 27.8 Å². The van der Waals surface area contributed by atoms with E-state index in [4.69, 9.17) is 4.98 Å². The first kappa shape index (κ1) is 40.3. The first-order chi connectivity index (χ1) is 35.7. The Balaban J connectivity index is 1.02. The van der Waals surface area contributed by atoms with Crippen LogP contribution in [-0.2, 0) is 0 Å². The quantitative estimate of drug-likeness (QED) is 0.157. The van der Waals surface area contributed by atoms with Crippen LogP contribution in [0.1, 0.15) is 11.1 Å². The minimum Gasteiger partial charge on any atom is -0.307 e. The molecule has 72 heavy (non-hydrogen) atoms. The van der Waals surface area contributed by atoms with Crippen molar-refractivity contribution in [3.8, 4) is 40.1 Å². The largest absolute Gasteiger partial charge is 0.307 e. The van der Waals surface area contributed by atoms with Crippen LogP contribution in [0.15, 0.2) is 237 Å². The topological polar surface area (TPSA) is 37.5 Å². The zero-order valence-corrected chi connectivity index (χ0v) is 39.4. The summed E-state index contributed by atoms with van der Waals surface area (Å²) in [5.74, 6) is 1.72. The van der Waals surface area contributed by atoms with E-state index in [-0.39, 0.29) is 0 Å². The molecule has 6 heterocycles. The van der Waals surface area contributed by atoms with E-state index in [9.17, 15) is 0 Å². The first-order valence-corrected chi connectivity index (χ1v) is 24.6. The molecule has 0 N–H and O–H groups in total. The van der Waals surface area contributed by atoms with E-state index < -0.39 is 0 Å². The van der Waals surface area contributed by atoms with Crippen molar-refractivity contribution in [2.45, 2.75) is 6.92 Å². The van der Waals surface area contributed by atoms with E-state index in [0.717, 1.165) is 95.2 Å². The summed E-state index contributed by atoms with van der Waals surface area (Å²) in [5.41, 5.74) is 16.7. The molecule has 15 aromatic rings. The highest BCUT2D eigenvalue weighted by Gasteiger charge is 2.27. The Morgan fingerprint density at radius 2 is 0.708 bits per heavy atom. The van der Waals surface area contributed by atoms with Gasteiger partial charge in [-0.3, -0.25) is 9.13 Å². The summed E-state index contributed by atoms with van der Waals surface area (Å²) in [6.45, 7) is 6.74. The van der Waals surface area contributed by atoms with E-state index >= 15 is 0 Å². The van der Waals surface area contributed by atoms with Gasteiger partial charge in [-0.15, -0.1) is 0 Å². The van der Waals surface area contributed by atoms with Gasteiger partial charge in [0.05, 0.1) is 55.5 Å². The molecule has 0 atom stereocenters. The molecule has 0 unspecified atom stereocenters. The summed E-state index contributed by atoms with van der Waals surface area (Å²) in [6.07, 6.45) is 2.04. The summed E-state index contributed by atoms with van der Waals surface area (Å²) >= 11 is 0. The fraction of sp³-hybridized carbons (Fsp3) is 0.0152. The first-order valence-electron chi connectivity index (χ1n) is 24.6. The van der Waals surface area contributed by atoms with Gasteiger partial charge >= 0.3 is 0 Å². The Labute approximate surface area is 414 Å². The fourth-order valence-electron chi connectivity index (χ4n) is 12.1. The molecule has 338 valence electrons. The smallest absolute Gasteiger partial charge is 0.140 e. The highest BCUT2D eigenvalue weighted by molar-refractivity contribution is 6.24. The monoisotopic (exact) mass is 920 g/mol. The molecular formula is C66H44N6. The van der Waals surface area contributed by atoms with Crippen molar-refractivity contribution in [2.75, 3.05) is 0 Å². The molecule has 0 aliphatic carbocycles. The molecule has 0 bridgehead atoms. The van der Waals surface area contributed by atoms with E-state index in [0.29, 0.717) is 0 Å². The molecule has 6 aromatic heterocycles. The van der Waals surface area contributed by atoms with Crippen LogP contribution in [0, 0.1) is 6.92 Å².